The van der Waals surface area contributed by atoms with Crippen molar-refractivity contribution in [3.63, 3.8) is 0 Å². The average molecular weight is 631 g/mol. The van der Waals surface area contributed by atoms with Gasteiger partial charge in [0, 0.05) is 18.1 Å². The Labute approximate surface area is 289 Å². The Morgan fingerprint density at radius 2 is 0.979 bits per heavy atom. The summed E-state index contributed by atoms with van der Waals surface area (Å²) >= 11 is 0. The van der Waals surface area contributed by atoms with Gasteiger partial charge in [-0.05, 0) is 128 Å². The van der Waals surface area contributed by atoms with Gasteiger partial charge < -0.3 is 0 Å². The van der Waals surface area contributed by atoms with Crippen molar-refractivity contribution in [1.82, 2.24) is 0 Å². The highest BCUT2D eigenvalue weighted by Crippen LogP contribution is 2.15. The van der Waals surface area contributed by atoms with Gasteiger partial charge in [-0.1, -0.05) is 129 Å². The molecule has 0 unspecified atom stereocenters. The summed E-state index contributed by atoms with van der Waals surface area (Å²) in [5, 5.41) is 0. The molecule has 0 aromatic carbocycles. The van der Waals surface area contributed by atoms with E-state index in [9.17, 15) is 0 Å². The van der Waals surface area contributed by atoms with E-state index in [0.29, 0.717) is 0 Å². The van der Waals surface area contributed by atoms with Crippen molar-refractivity contribution in [3.8, 4) is 0 Å². The van der Waals surface area contributed by atoms with Crippen LogP contribution in [0.1, 0.15) is 90.0 Å². The summed E-state index contributed by atoms with van der Waals surface area (Å²) in [6.07, 6.45) is 42.9. The minimum absolute atomic E-state index is 0.848. The Bertz CT molecular complexity index is 1460. The fourth-order valence-corrected chi connectivity index (χ4v) is 3.50. The van der Waals surface area contributed by atoms with Gasteiger partial charge in [-0.25, -0.2) is 0 Å². The Kier molecular flexibility index (Phi) is 27.4. The molecule has 0 aliphatic carbocycles. The summed E-state index contributed by atoms with van der Waals surface area (Å²) in [7, 11) is 0. The maximum atomic E-state index is 4.71. The van der Waals surface area contributed by atoms with Gasteiger partial charge >= 0.3 is 0 Å². The third kappa shape index (κ3) is 23.4. The quantitative estimate of drug-likeness (QED) is 0.120. The molecule has 2 heteroatoms. The molecule has 0 aliphatic heterocycles. The summed E-state index contributed by atoms with van der Waals surface area (Å²) in [6, 6.07) is 0. The minimum Gasteiger partial charge on any atom is -0.261 e. The van der Waals surface area contributed by atoms with E-state index in [-0.39, 0.29) is 0 Å². The van der Waals surface area contributed by atoms with E-state index in [4.69, 9.17) is 9.98 Å². The van der Waals surface area contributed by atoms with Crippen LogP contribution in [0, 0.1) is 0 Å². The molecule has 0 amide bonds. The van der Waals surface area contributed by atoms with Gasteiger partial charge in [0.05, 0.1) is 5.70 Å². The molecule has 252 valence electrons. The monoisotopic (exact) mass is 630 g/mol. The van der Waals surface area contributed by atoms with Gasteiger partial charge in [-0.15, -0.1) is 0 Å². The fraction of sp³-hybridized carbons (Fsp3) is 0.289. The molecule has 0 spiro atoms. The standard InChI is InChI=1S/C43H56N2.C2H6/c1-13-18-40(28-26-38(11)41(19-14-2)29-22-34(6)7)33-44-39(12)27-31-43(21-16-4)45-32-36(9)24-30-42(20-15-3)37(10)25-23-35(8)17-5;1-2/h13-33H,5H2,1-4,6-12H3;1-2H3/b18-13-,19-14-,20-15-,21-16-,35-23-,36-24+,37-25+,38-26+,39-27+,40-28+,41-29+,42-30+,43-31+,44-33-,45-32+;. The number of rotatable bonds is 16. The van der Waals surface area contributed by atoms with E-state index in [2.05, 4.69) is 120 Å². The first kappa shape index (κ1) is 44.6. The first-order valence-corrected chi connectivity index (χ1v) is 16.6. The number of hydrogen-bond acceptors (Lipinski definition) is 2. The first-order valence-electron chi connectivity index (χ1n) is 16.6. The van der Waals surface area contributed by atoms with Crippen LogP contribution in [0.15, 0.2) is 188 Å². The molecular weight excluding hydrogens is 569 g/mol. The topological polar surface area (TPSA) is 24.7 Å². The second-order valence-corrected chi connectivity index (χ2v) is 10.8. The zero-order valence-electron chi connectivity index (χ0n) is 31.7. The molecule has 0 N–H and O–H groups in total. The Balaban J connectivity index is 0. The van der Waals surface area contributed by atoms with E-state index in [1.54, 1.807) is 0 Å². The molecule has 0 saturated heterocycles. The van der Waals surface area contributed by atoms with Crippen molar-refractivity contribution in [2.45, 2.75) is 90.0 Å². The van der Waals surface area contributed by atoms with Crippen LogP contribution >= 0.6 is 0 Å². The van der Waals surface area contributed by atoms with E-state index < -0.39 is 0 Å². The van der Waals surface area contributed by atoms with Crippen LogP contribution in [0.5, 0.6) is 0 Å². The highest BCUT2D eigenvalue weighted by molar-refractivity contribution is 5.83. The molecule has 0 heterocycles. The largest absolute Gasteiger partial charge is 0.261 e. The number of nitrogens with zero attached hydrogens (tertiary/aromatic N) is 2. The van der Waals surface area contributed by atoms with Crippen molar-refractivity contribution in [2.75, 3.05) is 0 Å². The van der Waals surface area contributed by atoms with Crippen LogP contribution in [-0.2, 0) is 0 Å². The fourth-order valence-electron chi connectivity index (χ4n) is 3.50. The Morgan fingerprint density at radius 3 is 1.49 bits per heavy atom. The molecule has 0 rings (SSSR count). The normalized spacial score (nSPS) is 15.6. The summed E-state index contributed by atoms with van der Waals surface area (Å²) in [5.74, 6) is 0. The molecule has 0 bridgehead atoms. The number of hydrogen-bond donors (Lipinski definition) is 0. The van der Waals surface area contributed by atoms with Crippen molar-refractivity contribution in [2.24, 2.45) is 9.98 Å². The van der Waals surface area contributed by atoms with Crippen molar-refractivity contribution in [3.05, 3.63) is 178 Å². The highest BCUT2D eigenvalue weighted by atomic mass is 14.7. The van der Waals surface area contributed by atoms with Crippen LogP contribution in [-0.4, -0.2) is 12.4 Å². The van der Waals surface area contributed by atoms with Crippen molar-refractivity contribution in [1.29, 1.82) is 0 Å². The molecule has 0 aromatic rings. The van der Waals surface area contributed by atoms with Crippen LogP contribution < -0.4 is 0 Å². The summed E-state index contributed by atoms with van der Waals surface area (Å²) in [4.78, 5) is 9.40. The van der Waals surface area contributed by atoms with Crippen molar-refractivity contribution < 1.29 is 0 Å². The van der Waals surface area contributed by atoms with E-state index in [1.807, 2.05) is 104 Å². The Morgan fingerprint density at radius 1 is 0.468 bits per heavy atom. The smallest absolute Gasteiger partial charge is 0.0627 e. The minimum atomic E-state index is 0.848. The van der Waals surface area contributed by atoms with Crippen LogP contribution in [0.4, 0.5) is 0 Å². The molecular formula is C45H62N2. The second-order valence-electron chi connectivity index (χ2n) is 10.8. The van der Waals surface area contributed by atoms with Crippen molar-refractivity contribution >= 4 is 12.4 Å². The van der Waals surface area contributed by atoms with Gasteiger partial charge in [0.2, 0.25) is 0 Å². The zero-order chi connectivity index (χ0) is 36.0. The average Bonchev–Trinajstić information content (AvgIpc) is 3.06. The summed E-state index contributed by atoms with van der Waals surface area (Å²) < 4.78 is 0. The lowest BCUT2D eigenvalue weighted by molar-refractivity contribution is 1.30. The SMILES string of the molecule is C=C\C(C)=C/C=C(C)/C(/C=C\C)=C/C=C(C)/C=N/C(/C=C\C)=C/C=C(C)/N=C\C(\C=C/C)=C\C=C(C)\C(\C=C/C)=C\C=C(C)C.CC. The number of aliphatic imine (C=N–C) groups is 2. The highest BCUT2D eigenvalue weighted by Gasteiger charge is 1.96. The lowest BCUT2D eigenvalue weighted by atomic mass is 10.0. The summed E-state index contributed by atoms with van der Waals surface area (Å²) in [5.41, 5.74) is 10.9. The molecule has 0 fully saturated rings. The third-order valence-corrected chi connectivity index (χ3v) is 6.20. The van der Waals surface area contributed by atoms with Gasteiger partial charge in [0.1, 0.15) is 0 Å². The molecule has 2 nitrogen and oxygen atoms in total. The Hall–Kier alpha value is -4.56. The van der Waals surface area contributed by atoms with Crippen LogP contribution in [0.3, 0.4) is 0 Å². The maximum Gasteiger partial charge on any atom is 0.0627 e. The molecule has 0 radical (unpaired) electrons. The molecule has 0 saturated carbocycles. The molecule has 0 aromatic heterocycles. The van der Waals surface area contributed by atoms with E-state index in [0.717, 1.165) is 33.7 Å². The molecule has 0 aliphatic rings. The third-order valence-electron chi connectivity index (χ3n) is 6.20. The predicted octanol–water partition coefficient (Wildman–Crippen LogP) is 14.0. The van der Waals surface area contributed by atoms with Crippen LogP contribution in [0.2, 0.25) is 0 Å². The van der Waals surface area contributed by atoms with Crippen LogP contribution in [0.25, 0.3) is 0 Å². The van der Waals surface area contributed by atoms with Gasteiger partial charge in [-0.2, -0.15) is 0 Å². The maximum absolute atomic E-state index is 4.71. The first-order chi connectivity index (χ1) is 22.5. The lowest BCUT2D eigenvalue weighted by Crippen LogP contribution is -1.84. The molecule has 47 heavy (non-hydrogen) atoms. The van der Waals surface area contributed by atoms with E-state index in [1.165, 1.54) is 22.3 Å². The van der Waals surface area contributed by atoms with E-state index >= 15 is 0 Å². The second kappa shape index (κ2) is 28.9. The van der Waals surface area contributed by atoms with Gasteiger partial charge in [-0.3, -0.25) is 9.98 Å². The number of allylic oxidation sites excluding steroid dienone is 28. The van der Waals surface area contributed by atoms with Gasteiger partial charge in [0.15, 0.2) is 0 Å². The zero-order valence-corrected chi connectivity index (χ0v) is 31.7. The lowest BCUT2D eigenvalue weighted by Gasteiger charge is -2.01. The summed E-state index contributed by atoms with van der Waals surface area (Å²) in [6.45, 7) is 30.4. The predicted molar refractivity (Wildman–Crippen MR) is 218 cm³/mol. The molecule has 0 atom stereocenters. The van der Waals surface area contributed by atoms with Gasteiger partial charge in [0.25, 0.3) is 0 Å².